The first kappa shape index (κ1) is 17.8. The normalized spacial score (nSPS) is 15.1. The third-order valence-electron chi connectivity index (χ3n) is 4.27. The smallest absolute Gasteiger partial charge is 0.276 e. The first-order valence-corrected chi connectivity index (χ1v) is 9.64. The zero-order chi connectivity index (χ0) is 17.5. The lowest BCUT2D eigenvalue weighted by Crippen LogP contribution is -2.36. The van der Waals surface area contributed by atoms with Crippen LogP contribution in [-0.4, -0.2) is 35.0 Å². The van der Waals surface area contributed by atoms with E-state index < -0.39 is 0 Å². The maximum absolute atomic E-state index is 12.0. The molecule has 1 N–H and O–H groups in total. The molecule has 2 aromatic rings. The van der Waals surface area contributed by atoms with Gasteiger partial charge in [0.1, 0.15) is 5.75 Å². The number of benzene rings is 1. The van der Waals surface area contributed by atoms with Crippen molar-refractivity contribution in [3.8, 4) is 17.2 Å². The number of rotatable bonds is 7. The minimum absolute atomic E-state index is 0.101. The van der Waals surface area contributed by atoms with Crippen molar-refractivity contribution in [1.82, 2.24) is 15.5 Å². The highest BCUT2D eigenvalue weighted by Gasteiger charge is 2.16. The molecule has 3 rings (SSSR count). The van der Waals surface area contributed by atoms with Crippen molar-refractivity contribution in [2.75, 3.05) is 12.9 Å². The van der Waals surface area contributed by atoms with Crippen LogP contribution in [-0.2, 0) is 4.79 Å². The highest BCUT2D eigenvalue weighted by molar-refractivity contribution is 7.99. The molecule has 1 amide bonds. The Morgan fingerprint density at radius 1 is 1.28 bits per heavy atom. The van der Waals surface area contributed by atoms with E-state index in [2.05, 4.69) is 15.5 Å². The van der Waals surface area contributed by atoms with E-state index in [0.29, 0.717) is 35.1 Å². The molecule has 0 radical (unpaired) electrons. The van der Waals surface area contributed by atoms with Gasteiger partial charge in [-0.15, -0.1) is 10.2 Å². The maximum Gasteiger partial charge on any atom is 0.276 e. The predicted octanol–water partition coefficient (Wildman–Crippen LogP) is 3.68. The van der Waals surface area contributed by atoms with Gasteiger partial charge in [-0.05, 0) is 25.0 Å². The van der Waals surface area contributed by atoms with Crippen LogP contribution in [0.1, 0.15) is 38.5 Å². The summed E-state index contributed by atoms with van der Waals surface area (Å²) >= 11 is 1.40. The monoisotopic (exact) mass is 361 g/mol. The first-order valence-electron chi connectivity index (χ1n) is 8.65. The number of amides is 1. The lowest BCUT2D eigenvalue weighted by Gasteiger charge is -2.22. The zero-order valence-corrected chi connectivity index (χ0v) is 15.2. The molecule has 0 saturated heterocycles. The summed E-state index contributed by atoms with van der Waals surface area (Å²) in [6.45, 7) is 0. The summed E-state index contributed by atoms with van der Waals surface area (Å²) in [7, 11) is 1.61. The van der Waals surface area contributed by atoms with Crippen molar-refractivity contribution >= 4 is 17.7 Å². The average Bonchev–Trinajstić information content (AvgIpc) is 3.11. The lowest BCUT2D eigenvalue weighted by atomic mass is 9.95. The molecule has 134 valence electrons. The SMILES string of the molecule is COc1ccccc1-c1nnc(SCCC(=O)NC2CCCCC2)o1. The van der Waals surface area contributed by atoms with Crippen LogP contribution in [0.25, 0.3) is 11.5 Å². The average molecular weight is 361 g/mol. The number of ether oxygens (including phenoxy) is 1. The van der Waals surface area contributed by atoms with E-state index in [1.54, 1.807) is 7.11 Å². The van der Waals surface area contributed by atoms with Crippen molar-refractivity contribution in [3.63, 3.8) is 0 Å². The first-order chi connectivity index (χ1) is 12.3. The Morgan fingerprint density at radius 2 is 2.08 bits per heavy atom. The highest BCUT2D eigenvalue weighted by atomic mass is 32.2. The fourth-order valence-corrected chi connectivity index (χ4v) is 3.67. The second-order valence-electron chi connectivity index (χ2n) is 6.07. The van der Waals surface area contributed by atoms with Crippen molar-refractivity contribution in [3.05, 3.63) is 24.3 Å². The summed E-state index contributed by atoms with van der Waals surface area (Å²) in [5.41, 5.74) is 0.763. The molecule has 7 heteroatoms. The number of thioether (sulfide) groups is 1. The third-order valence-corrected chi connectivity index (χ3v) is 5.09. The molecular weight excluding hydrogens is 338 g/mol. The molecular formula is C18H23N3O3S. The Morgan fingerprint density at radius 3 is 2.88 bits per heavy atom. The number of methoxy groups -OCH3 is 1. The van der Waals surface area contributed by atoms with Gasteiger partial charge in [-0.25, -0.2) is 0 Å². The van der Waals surface area contributed by atoms with Crippen molar-refractivity contribution in [2.45, 2.75) is 49.8 Å². The summed E-state index contributed by atoms with van der Waals surface area (Å²) in [6, 6.07) is 7.86. The van der Waals surface area contributed by atoms with Crippen molar-refractivity contribution < 1.29 is 13.9 Å². The molecule has 0 aliphatic heterocycles. The number of aromatic nitrogens is 2. The van der Waals surface area contributed by atoms with Gasteiger partial charge < -0.3 is 14.5 Å². The van der Waals surface area contributed by atoms with E-state index in [1.807, 2.05) is 24.3 Å². The van der Waals surface area contributed by atoms with E-state index in [1.165, 1.54) is 31.0 Å². The van der Waals surface area contributed by atoms with Crippen LogP contribution in [0.2, 0.25) is 0 Å². The minimum Gasteiger partial charge on any atom is -0.496 e. The molecule has 0 bridgehead atoms. The number of para-hydroxylation sites is 1. The van der Waals surface area contributed by atoms with Gasteiger partial charge in [0.2, 0.25) is 5.91 Å². The van der Waals surface area contributed by atoms with Crippen LogP contribution in [0.5, 0.6) is 5.75 Å². The van der Waals surface area contributed by atoms with Crippen LogP contribution in [0.3, 0.4) is 0 Å². The predicted molar refractivity (Wildman–Crippen MR) is 96.6 cm³/mol. The van der Waals surface area contributed by atoms with Gasteiger partial charge in [0.15, 0.2) is 0 Å². The molecule has 1 aromatic carbocycles. The van der Waals surface area contributed by atoms with E-state index in [0.717, 1.165) is 18.4 Å². The Kier molecular flexibility index (Phi) is 6.33. The quantitative estimate of drug-likeness (QED) is 0.758. The Labute approximate surface area is 151 Å². The summed E-state index contributed by atoms with van der Waals surface area (Å²) in [6.07, 6.45) is 6.37. The number of carbonyl (C=O) groups excluding carboxylic acids is 1. The van der Waals surface area contributed by atoms with Crippen LogP contribution in [0.4, 0.5) is 0 Å². The Bertz CT molecular complexity index is 698. The number of hydrogen-bond donors (Lipinski definition) is 1. The Hall–Kier alpha value is -2.02. The van der Waals surface area contributed by atoms with Crippen molar-refractivity contribution in [2.24, 2.45) is 0 Å². The molecule has 1 saturated carbocycles. The molecule has 1 aliphatic carbocycles. The van der Waals surface area contributed by atoms with Crippen LogP contribution < -0.4 is 10.1 Å². The van der Waals surface area contributed by atoms with Gasteiger partial charge in [-0.2, -0.15) is 0 Å². The summed E-state index contributed by atoms with van der Waals surface area (Å²) in [5, 5.41) is 11.7. The Balaban J connectivity index is 1.48. The summed E-state index contributed by atoms with van der Waals surface area (Å²) in [5.74, 6) is 1.83. The van der Waals surface area contributed by atoms with E-state index >= 15 is 0 Å². The lowest BCUT2D eigenvalue weighted by molar-refractivity contribution is -0.121. The molecule has 0 unspecified atom stereocenters. The standard InChI is InChI=1S/C18H23N3O3S/c1-23-15-10-6-5-9-14(15)17-20-21-18(24-17)25-12-11-16(22)19-13-7-3-2-4-8-13/h5-6,9-10,13H,2-4,7-8,11-12H2,1H3,(H,19,22). The van der Waals surface area contributed by atoms with E-state index in [9.17, 15) is 4.79 Å². The van der Waals surface area contributed by atoms with E-state index in [-0.39, 0.29) is 5.91 Å². The van der Waals surface area contributed by atoms with Crippen LogP contribution in [0.15, 0.2) is 33.9 Å². The van der Waals surface area contributed by atoms with Gasteiger partial charge in [0, 0.05) is 18.2 Å². The fraction of sp³-hybridized carbons (Fsp3) is 0.500. The number of nitrogens with one attached hydrogen (secondary N) is 1. The molecule has 1 aliphatic rings. The number of nitrogens with zero attached hydrogens (tertiary/aromatic N) is 2. The van der Waals surface area contributed by atoms with Crippen LogP contribution >= 0.6 is 11.8 Å². The molecule has 0 spiro atoms. The molecule has 1 fully saturated rings. The van der Waals surface area contributed by atoms with Gasteiger partial charge in [0.25, 0.3) is 11.1 Å². The summed E-state index contributed by atoms with van der Waals surface area (Å²) in [4.78, 5) is 12.0. The van der Waals surface area contributed by atoms with Crippen LogP contribution in [0, 0.1) is 0 Å². The molecule has 0 atom stereocenters. The maximum atomic E-state index is 12.0. The zero-order valence-electron chi connectivity index (χ0n) is 14.4. The number of carbonyl (C=O) groups is 1. The minimum atomic E-state index is 0.101. The van der Waals surface area contributed by atoms with Gasteiger partial charge >= 0.3 is 0 Å². The fourth-order valence-electron chi connectivity index (χ4n) is 2.98. The summed E-state index contributed by atoms with van der Waals surface area (Å²) < 4.78 is 11.0. The molecule has 6 nitrogen and oxygen atoms in total. The number of hydrogen-bond acceptors (Lipinski definition) is 6. The van der Waals surface area contributed by atoms with Gasteiger partial charge in [0.05, 0.1) is 12.7 Å². The molecule has 25 heavy (non-hydrogen) atoms. The van der Waals surface area contributed by atoms with Gasteiger partial charge in [-0.3, -0.25) is 4.79 Å². The van der Waals surface area contributed by atoms with E-state index in [4.69, 9.17) is 9.15 Å². The van der Waals surface area contributed by atoms with Crippen molar-refractivity contribution in [1.29, 1.82) is 0 Å². The molecule has 1 aromatic heterocycles. The topological polar surface area (TPSA) is 77.2 Å². The second-order valence-corrected chi connectivity index (χ2v) is 7.12. The highest BCUT2D eigenvalue weighted by Crippen LogP contribution is 2.30. The second kappa shape index (κ2) is 8.89. The molecule has 1 heterocycles. The third kappa shape index (κ3) is 4.98. The largest absolute Gasteiger partial charge is 0.496 e. The van der Waals surface area contributed by atoms with Gasteiger partial charge in [-0.1, -0.05) is 43.2 Å².